The molecule has 0 saturated carbocycles. The van der Waals surface area contributed by atoms with Gasteiger partial charge in [0.05, 0.1) is 6.54 Å². The number of benzene rings is 2. The van der Waals surface area contributed by atoms with E-state index < -0.39 is 11.7 Å². The summed E-state index contributed by atoms with van der Waals surface area (Å²) in [5.41, 5.74) is 0.401. The van der Waals surface area contributed by atoms with E-state index in [1.54, 1.807) is 4.90 Å². The molecule has 2 aromatic carbocycles. The van der Waals surface area contributed by atoms with E-state index in [4.69, 9.17) is 9.15 Å². The minimum Gasteiger partial charge on any atom is -0.486 e. The maximum absolute atomic E-state index is 13.3. The number of amides is 1. The van der Waals surface area contributed by atoms with Crippen LogP contribution in [0.2, 0.25) is 0 Å². The van der Waals surface area contributed by atoms with Gasteiger partial charge >= 0.3 is 0 Å². The molecule has 1 amide bonds. The third-order valence-corrected chi connectivity index (χ3v) is 5.98. The van der Waals surface area contributed by atoms with Crippen LogP contribution in [-0.4, -0.2) is 40.7 Å². The molecule has 6 heteroatoms. The fraction of sp³-hybridized carbons (Fsp3) is 0.400. The van der Waals surface area contributed by atoms with Gasteiger partial charge in [0, 0.05) is 17.5 Å². The minimum atomic E-state index is -1.08. The highest BCUT2D eigenvalue weighted by Gasteiger charge is 2.45. The van der Waals surface area contributed by atoms with Gasteiger partial charge in [0.1, 0.15) is 28.9 Å². The Morgan fingerprint density at radius 2 is 1.97 bits per heavy atom. The van der Waals surface area contributed by atoms with Crippen molar-refractivity contribution in [3.05, 3.63) is 65.7 Å². The summed E-state index contributed by atoms with van der Waals surface area (Å²) in [6.07, 6.45) is 0.301. The van der Waals surface area contributed by atoms with Gasteiger partial charge < -0.3 is 19.2 Å². The SMILES string of the molecule is Cc1c(C(=O)N2CC[C@@](O)(CC(C)C)[C@@H](Oc3ccc(F)cc3)C2)oc2ccccc12. The number of furan rings is 1. The third kappa shape index (κ3) is 4.30. The molecule has 1 aliphatic heterocycles. The summed E-state index contributed by atoms with van der Waals surface area (Å²) in [7, 11) is 0. The summed E-state index contributed by atoms with van der Waals surface area (Å²) >= 11 is 0. The zero-order valence-electron chi connectivity index (χ0n) is 18.1. The number of likely N-dealkylation sites (tertiary alicyclic amines) is 1. The molecule has 1 saturated heterocycles. The second kappa shape index (κ2) is 8.35. The van der Waals surface area contributed by atoms with Crippen molar-refractivity contribution in [2.45, 2.75) is 45.3 Å². The number of carbonyl (C=O) groups is 1. The lowest BCUT2D eigenvalue weighted by Crippen LogP contribution is -2.59. The highest BCUT2D eigenvalue weighted by Crippen LogP contribution is 2.34. The molecule has 0 aliphatic carbocycles. The van der Waals surface area contributed by atoms with E-state index in [1.165, 1.54) is 24.3 Å². The number of fused-ring (bicyclic) bond motifs is 1. The van der Waals surface area contributed by atoms with Gasteiger partial charge in [-0.3, -0.25) is 4.79 Å². The maximum Gasteiger partial charge on any atom is 0.290 e. The highest BCUT2D eigenvalue weighted by molar-refractivity contribution is 5.99. The normalized spacial score (nSPS) is 21.6. The summed E-state index contributed by atoms with van der Waals surface area (Å²) in [5.74, 6) is 0.460. The Balaban J connectivity index is 1.60. The van der Waals surface area contributed by atoms with Crippen molar-refractivity contribution in [3.8, 4) is 5.75 Å². The van der Waals surface area contributed by atoms with E-state index in [0.29, 0.717) is 36.5 Å². The summed E-state index contributed by atoms with van der Waals surface area (Å²) in [6.45, 7) is 6.59. The summed E-state index contributed by atoms with van der Waals surface area (Å²) in [6, 6.07) is 13.3. The van der Waals surface area contributed by atoms with Crippen molar-refractivity contribution in [2.24, 2.45) is 5.92 Å². The minimum absolute atomic E-state index is 0.215. The molecule has 1 N–H and O–H groups in total. The van der Waals surface area contributed by atoms with Gasteiger partial charge in [0.2, 0.25) is 0 Å². The van der Waals surface area contributed by atoms with Gasteiger partial charge in [-0.1, -0.05) is 32.0 Å². The Kier molecular flexibility index (Phi) is 5.75. The second-order valence-electron chi connectivity index (χ2n) is 8.82. The Morgan fingerprint density at radius 3 is 2.65 bits per heavy atom. The van der Waals surface area contributed by atoms with Crippen LogP contribution >= 0.6 is 0 Å². The molecule has 0 radical (unpaired) electrons. The first kappa shape index (κ1) is 21.4. The van der Waals surface area contributed by atoms with Gasteiger partial charge in [-0.2, -0.15) is 0 Å². The lowest BCUT2D eigenvalue weighted by atomic mass is 9.81. The van der Waals surface area contributed by atoms with E-state index in [-0.39, 0.29) is 24.2 Å². The van der Waals surface area contributed by atoms with Gasteiger partial charge in [-0.05, 0) is 56.0 Å². The van der Waals surface area contributed by atoms with Crippen LogP contribution in [0.5, 0.6) is 5.75 Å². The zero-order valence-corrected chi connectivity index (χ0v) is 18.1. The fourth-order valence-electron chi connectivity index (χ4n) is 4.42. The lowest BCUT2D eigenvalue weighted by Gasteiger charge is -2.44. The summed E-state index contributed by atoms with van der Waals surface area (Å²) in [4.78, 5) is 15.0. The average molecular weight is 426 g/mol. The van der Waals surface area contributed by atoms with Crippen LogP contribution in [-0.2, 0) is 0 Å². The van der Waals surface area contributed by atoms with Crippen molar-refractivity contribution in [1.29, 1.82) is 0 Å². The molecule has 0 spiro atoms. The number of ether oxygens (including phenoxy) is 1. The van der Waals surface area contributed by atoms with Crippen molar-refractivity contribution in [2.75, 3.05) is 13.1 Å². The molecule has 1 aromatic heterocycles. The monoisotopic (exact) mass is 425 g/mol. The molecule has 0 unspecified atom stereocenters. The number of aliphatic hydroxyl groups is 1. The van der Waals surface area contributed by atoms with Crippen LogP contribution in [0.3, 0.4) is 0 Å². The first-order valence-electron chi connectivity index (χ1n) is 10.7. The van der Waals surface area contributed by atoms with E-state index in [0.717, 1.165) is 10.9 Å². The van der Waals surface area contributed by atoms with Gasteiger partial charge in [0.15, 0.2) is 5.76 Å². The van der Waals surface area contributed by atoms with Crippen molar-refractivity contribution < 1.29 is 23.4 Å². The standard InChI is InChI=1S/C25H28FNO4/c1-16(2)14-25(29)12-13-27(15-22(25)30-19-10-8-18(26)9-11-19)24(28)23-17(3)20-6-4-5-7-21(20)31-23/h4-11,16,22,29H,12-15H2,1-3H3/t22-,25+/m0/s1. The highest BCUT2D eigenvalue weighted by atomic mass is 19.1. The van der Waals surface area contributed by atoms with E-state index >= 15 is 0 Å². The molecule has 1 fully saturated rings. The molecular formula is C25H28FNO4. The fourth-order valence-corrected chi connectivity index (χ4v) is 4.42. The van der Waals surface area contributed by atoms with Crippen molar-refractivity contribution >= 4 is 16.9 Å². The van der Waals surface area contributed by atoms with Crippen molar-refractivity contribution in [1.82, 2.24) is 4.90 Å². The second-order valence-corrected chi connectivity index (χ2v) is 8.82. The molecule has 5 nitrogen and oxygen atoms in total. The lowest BCUT2D eigenvalue weighted by molar-refractivity contribution is -0.111. The van der Waals surface area contributed by atoms with Crippen molar-refractivity contribution in [3.63, 3.8) is 0 Å². The van der Waals surface area contributed by atoms with E-state index in [9.17, 15) is 14.3 Å². The molecule has 1 aliphatic rings. The van der Waals surface area contributed by atoms with Gasteiger partial charge in [-0.15, -0.1) is 0 Å². The number of para-hydroxylation sites is 1. The Labute approximate surface area is 181 Å². The van der Waals surface area contributed by atoms with Crippen LogP contribution in [0.25, 0.3) is 11.0 Å². The Bertz CT molecular complexity index is 1070. The smallest absolute Gasteiger partial charge is 0.290 e. The van der Waals surface area contributed by atoms with E-state index in [1.807, 2.05) is 45.0 Å². The summed E-state index contributed by atoms with van der Waals surface area (Å²) in [5, 5.41) is 12.3. The largest absolute Gasteiger partial charge is 0.486 e. The number of hydrogen-bond acceptors (Lipinski definition) is 4. The van der Waals surface area contributed by atoms with Gasteiger partial charge in [-0.25, -0.2) is 4.39 Å². The quantitative estimate of drug-likeness (QED) is 0.628. The Morgan fingerprint density at radius 1 is 1.26 bits per heavy atom. The van der Waals surface area contributed by atoms with Crippen LogP contribution in [0.15, 0.2) is 52.9 Å². The first-order chi connectivity index (χ1) is 14.8. The predicted molar refractivity (Wildman–Crippen MR) is 117 cm³/mol. The van der Waals surface area contributed by atoms with Crippen LogP contribution in [0, 0.1) is 18.7 Å². The molecule has 164 valence electrons. The molecule has 0 bridgehead atoms. The molecule has 2 atom stereocenters. The summed E-state index contributed by atoms with van der Waals surface area (Å²) < 4.78 is 25.3. The number of rotatable bonds is 5. The number of piperidine rings is 1. The Hall–Kier alpha value is -2.86. The topological polar surface area (TPSA) is 62.9 Å². The molecular weight excluding hydrogens is 397 g/mol. The zero-order chi connectivity index (χ0) is 22.2. The number of halogens is 1. The van der Waals surface area contributed by atoms with Crippen LogP contribution in [0.4, 0.5) is 4.39 Å². The number of hydrogen-bond donors (Lipinski definition) is 1. The molecule has 2 heterocycles. The van der Waals surface area contributed by atoms with Crippen LogP contribution in [0.1, 0.15) is 42.8 Å². The maximum atomic E-state index is 13.3. The first-order valence-corrected chi connectivity index (χ1v) is 10.7. The van der Waals surface area contributed by atoms with Gasteiger partial charge in [0.25, 0.3) is 5.91 Å². The predicted octanol–water partition coefficient (Wildman–Crippen LogP) is 4.95. The average Bonchev–Trinajstić information content (AvgIpc) is 3.07. The number of nitrogens with zero attached hydrogens (tertiary/aromatic N) is 1. The van der Waals surface area contributed by atoms with E-state index in [2.05, 4.69) is 0 Å². The number of aryl methyl sites for hydroxylation is 1. The third-order valence-electron chi connectivity index (χ3n) is 5.98. The van der Waals surface area contributed by atoms with Crippen LogP contribution < -0.4 is 4.74 Å². The number of carbonyl (C=O) groups excluding carboxylic acids is 1. The molecule has 4 rings (SSSR count). The molecule has 3 aromatic rings. The molecule has 31 heavy (non-hydrogen) atoms.